The second-order valence-corrected chi connectivity index (χ2v) is 6.25. The van der Waals surface area contributed by atoms with E-state index in [2.05, 4.69) is 0 Å². The highest BCUT2D eigenvalue weighted by atomic mass is 32.2. The molecule has 1 N–H and O–H groups in total. The number of hydrogen-bond donors (Lipinski definition) is 1. The second-order valence-electron chi connectivity index (χ2n) is 4.21. The molecular formula is C12H17NO5S. The summed E-state index contributed by atoms with van der Waals surface area (Å²) in [5, 5.41) is 8.83. The van der Waals surface area contributed by atoms with Gasteiger partial charge in [-0.05, 0) is 12.1 Å². The smallest absolute Gasteiger partial charge is 0.243 e. The van der Waals surface area contributed by atoms with Crippen molar-refractivity contribution in [3.63, 3.8) is 0 Å². The van der Waals surface area contributed by atoms with Crippen LogP contribution in [0, 0.1) is 0 Å². The molecule has 0 spiro atoms. The van der Waals surface area contributed by atoms with Gasteiger partial charge in [0.15, 0.2) is 11.5 Å². The highest BCUT2D eigenvalue weighted by Crippen LogP contribution is 2.32. The monoisotopic (exact) mass is 287 g/mol. The van der Waals surface area contributed by atoms with E-state index in [0.29, 0.717) is 24.7 Å². The van der Waals surface area contributed by atoms with E-state index in [4.69, 9.17) is 14.6 Å². The van der Waals surface area contributed by atoms with Gasteiger partial charge in [0.05, 0.1) is 24.7 Å². The predicted molar refractivity (Wildman–Crippen MR) is 69.0 cm³/mol. The lowest BCUT2D eigenvalue weighted by Crippen LogP contribution is -2.29. The average molecular weight is 287 g/mol. The van der Waals surface area contributed by atoms with Gasteiger partial charge in [0.25, 0.3) is 0 Å². The van der Waals surface area contributed by atoms with Gasteiger partial charge in [0.1, 0.15) is 0 Å². The molecule has 6 nitrogen and oxygen atoms in total. The quantitative estimate of drug-likeness (QED) is 0.870. The first-order valence-corrected chi connectivity index (χ1v) is 7.46. The second kappa shape index (κ2) is 5.77. The Bertz CT molecular complexity index is 543. The van der Waals surface area contributed by atoms with Crippen molar-refractivity contribution in [2.24, 2.45) is 0 Å². The van der Waals surface area contributed by atoms with E-state index in [1.807, 2.05) is 0 Å². The van der Waals surface area contributed by atoms with Crippen molar-refractivity contribution in [3.05, 3.63) is 18.2 Å². The number of rotatable bonds is 4. The van der Waals surface area contributed by atoms with Crippen LogP contribution in [0.1, 0.15) is 6.42 Å². The van der Waals surface area contributed by atoms with Crippen molar-refractivity contribution in [2.75, 3.05) is 33.4 Å². The van der Waals surface area contributed by atoms with Crippen LogP contribution in [0.15, 0.2) is 23.1 Å². The van der Waals surface area contributed by atoms with Crippen molar-refractivity contribution in [1.29, 1.82) is 0 Å². The third-order valence-corrected chi connectivity index (χ3v) is 4.69. The van der Waals surface area contributed by atoms with Gasteiger partial charge in [-0.3, -0.25) is 0 Å². The summed E-state index contributed by atoms with van der Waals surface area (Å²) < 4.78 is 36.4. The molecule has 1 aliphatic rings. The van der Waals surface area contributed by atoms with E-state index in [9.17, 15) is 8.42 Å². The number of aliphatic hydroxyl groups is 1. The first kappa shape index (κ1) is 14.1. The maximum absolute atomic E-state index is 12.2. The summed E-state index contributed by atoms with van der Waals surface area (Å²) in [5.74, 6) is 0.997. The summed E-state index contributed by atoms with van der Waals surface area (Å²) in [5.41, 5.74) is 0. The Balaban J connectivity index is 2.33. The van der Waals surface area contributed by atoms with Gasteiger partial charge in [0, 0.05) is 26.1 Å². The van der Waals surface area contributed by atoms with Crippen LogP contribution in [0.5, 0.6) is 11.5 Å². The standard InChI is InChI=1S/C12H17NO5S/c1-13(5-6-14)19(15,16)10-3-4-11-12(9-10)18-8-2-7-17-11/h3-4,9,14H,2,5-8H2,1H3. The van der Waals surface area contributed by atoms with Crippen molar-refractivity contribution < 1.29 is 23.0 Å². The Morgan fingerprint density at radius 2 is 1.95 bits per heavy atom. The summed E-state index contributed by atoms with van der Waals surface area (Å²) in [4.78, 5) is 0.132. The Morgan fingerprint density at radius 1 is 1.26 bits per heavy atom. The van der Waals surface area contributed by atoms with Gasteiger partial charge in [0.2, 0.25) is 10.0 Å². The van der Waals surface area contributed by atoms with E-state index in [1.54, 1.807) is 6.07 Å². The van der Waals surface area contributed by atoms with Gasteiger partial charge in [-0.2, -0.15) is 4.31 Å². The minimum Gasteiger partial charge on any atom is -0.490 e. The molecule has 1 aromatic carbocycles. The van der Waals surface area contributed by atoms with Crippen LogP contribution in [0.4, 0.5) is 0 Å². The van der Waals surface area contributed by atoms with Crippen LogP contribution in [0.25, 0.3) is 0 Å². The minimum atomic E-state index is -3.61. The molecule has 0 aliphatic carbocycles. The molecule has 19 heavy (non-hydrogen) atoms. The summed E-state index contributed by atoms with van der Waals surface area (Å²) in [6, 6.07) is 4.54. The number of aliphatic hydroxyl groups excluding tert-OH is 1. The first-order chi connectivity index (χ1) is 9.05. The molecule has 0 atom stereocenters. The van der Waals surface area contributed by atoms with Gasteiger partial charge in [-0.15, -0.1) is 0 Å². The van der Waals surface area contributed by atoms with Crippen molar-refractivity contribution in [1.82, 2.24) is 4.31 Å². The first-order valence-electron chi connectivity index (χ1n) is 6.02. The molecular weight excluding hydrogens is 270 g/mol. The molecule has 1 aliphatic heterocycles. The van der Waals surface area contributed by atoms with E-state index >= 15 is 0 Å². The van der Waals surface area contributed by atoms with Crippen LogP contribution < -0.4 is 9.47 Å². The molecule has 2 rings (SSSR count). The fraction of sp³-hybridized carbons (Fsp3) is 0.500. The molecule has 0 radical (unpaired) electrons. The zero-order valence-corrected chi connectivity index (χ0v) is 11.5. The molecule has 1 aromatic rings. The lowest BCUT2D eigenvalue weighted by molar-refractivity contribution is 0.266. The normalized spacial score (nSPS) is 15.3. The Morgan fingerprint density at radius 3 is 2.63 bits per heavy atom. The Labute approximate surface area is 112 Å². The van der Waals surface area contributed by atoms with Crippen LogP contribution in [0.2, 0.25) is 0 Å². The van der Waals surface area contributed by atoms with Gasteiger partial charge in [-0.25, -0.2) is 8.42 Å². The molecule has 0 aromatic heterocycles. The molecule has 0 unspecified atom stereocenters. The zero-order chi connectivity index (χ0) is 13.9. The number of hydrogen-bond acceptors (Lipinski definition) is 5. The SMILES string of the molecule is CN(CCO)S(=O)(=O)c1ccc2c(c1)OCCCO2. The van der Waals surface area contributed by atoms with E-state index < -0.39 is 10.0 Å². The third-order valence-electron chi connectivity index (χ3n) is 2.84. The summed E-state index contributed by atoms with van der Waals surface area (Å²) in [6.45, 7) is 0.892. The van der Waals surface area contributed by atoms with Gasteiger partial charge < -0.3 is 14.6 Å². The Kier molecular flexibility index (Phi) is 4.28. The molecule has 0 bridgehead atoms. The van der Waals surface area contributed by atoms with Crippen molar-refractivity contribution in [2.45, 2.75) is 11.3 Å². The summed E-state index contributed by atoms with van der Waals surface area (Å²) >= 11 is 0. The minimum absolute atomic E-state index is 0.0524. The van der Waals surface area contributed by atoms with Gasteiger partial charge in [-0.1, -0.05) is 0 Å². The van der Waals surface area contributed by atoms with E-state index in [0.717, 1.165) is 10.7 Å². The molecule has 7 heteroatoms. The summed E-state index contributed by atoms with van der Waals surface area (Å²) in [7, 11) is -2.18. The largest absolute Gasteiger partial charge is 0.490 e. The number of sulfonamides is 1. The zero-order valence-electron chi connectivity index (χ0n) is 10.7. The number of benzene rings is 1. The van der Waals surface area contributed by atoms with Crippen molar-refractivity contribution in [3.8, 4) is 11.5 Å². The number of nitrogens with zero attached hydrogens (tertiary/aromatic N) is 1. The maximum Gasteiger partial charge on any atom is 0.243 e. The summed E-state index contributed by atoms with van der Waals surface area (Å²) in [6.07, 6.45) is 0.765. The fourth-order valence-corrected chi connectivity index (χ4v) is 2.92. The highest BCUT2D eigenvalue weighted by molar-refractivity contribution is 7.89. The molecule has 1 heterocycles. The van der Waals surface area contributed by atoms with Crippen LogP contribution in [0.3, 0.4) is 0 Å². The van der Waals surface area contributed by atoms with Crippen molar-refractivity contribution >= 4 is 10.0 Å². The third kappa shape index (κ3) is 2.99. The van der Waals surface area contributed by atoms with Crippen LogP contribution >= 0.6 is 0 Å². The fourth-order valence-electron chi connectivity index (χ4n) is 1.75. The lowest BCUT2D eigenvalue weighted by Gasteiger charge is -2.17. The van der Waals surface area contributed by atoms with Gasteiger partial charge >= 0.3 is 0 Å². The number of fused-ring (bicyclic) bond motifs is 1. The average Bonchev–Trinajstić information content (AvgIpc) is 2.63. The predicted octanol–water partition coefficient (Wildman–Crippen LogP) is 0.461. The van der Waals surface area contributed by atoms with Crippen LogP contribution in [-0.2, 0) is 10.0 Å². The van der Waals surface area contributed by atoms with E-state index in [1.165, 1.54) is 19.2 Å². The highest BCUT2D eigenvalue weighted by Gasteiger charge is 2.22. The number of likely N-dealkylation sites (N-methyl/N-ethyl adjacent to an activating group) is 1. The molecule has 0 amide bonds. The van der Waals surface area contributed by atoms with E-state index in [-0.39, 0.29) is 18.0 Å². The molecule has 0 fully saturated rings. The molecule has 106 valence electrons. The Hall–Kier alpha value is -1.31. The molecule has 0 saturated carbocycles. The number of ether oxygens (including phenoxy) is 2. The lowest BCUT2D eigenvalue weighted by atomic mass is 10.3. The maximum atomic E-state index is 12.2. The topological polar surface area (TPSA) is 76.1 Å². The molecule has 0 saturated heterocycles. The van der Waals surface area contributed by atoms with Crippen LogP contribution in [-0.4, -0.2) is 51.2 Å².